The normalized spacial score (nSPS) is 17.2. The number of nitriles is 1. The number of aromatic carboxylic acids is 1. The van der Waals surface area contributed by atoms with E-state index in [-0.39, 0.29) is 18.8 Å². The van der Waals surface area contributed by atoms with Crippen LogP contribution in [-0.4, -0.2) is 24.3 Å². The van der Waals surface area contributed by atoms with Crippen molar-refractivity contribution in [1.29, 1.82) is 5.26 Å². The Balaban J connectivity index is 2.58. The van der Waals surface area contributed by atoms with Gasteiger partial charge in [0.25, 0.3) is 0 Å². The first-order valence-corrected chi connectivity index (χ1v) is 5.41. The third kappa shape index (κ3) is 1.60. The van der Waals surface area contributed by atoms with E-state index >= 15 is 0 Å². The Kier molecular flexibility index (Phi) is 2.70. The van der Waals surface area contributed by atoms with Crippen molar-refractivity contribution in [2.24, 2.45) is 0 Å². The van der Waals surface area contributed by atoms with Crippen molar-refractivity contribution in [3.63, 3.8) is 0 Å². The Hall–Kier alpha value is -1.38. The highest BCUT2D eigenvalue weighted by atomic mass is 79.9. The van der Waals surface area contributed by atoms with Gasteiger partial charge < -0.3 is 9.84 Å². The molecular weight excluding hydrogens is 274 g/mol. The van der Waals surface area contributed by atoms with E-state index in [4.69, 9.17) is 15.1 Å². The molecule has 82 valence electrons. The molecular formula is C11H8BrNO3. The van der Waals surface area contributed by atoms with Crippen molar-refractivity contribution in [2.45, 2.75) is 5.41 Å². The fraction of sp³-hybridized carbons (Fsp3) is 0.273. The molecule has 4 nitrogen and oxygen atoms in total. The van der Waals surface area contributed by atoms with E-state index in [1.807, 2.05) is 0 Å². The molecule has 0 spiro atoms. The second kappa shape index (κ2) is 3.89. The van der Waals surface area contributed by atoms with Gasteiger partial charge in [-0.1, -0.05) is 15.9 Å². The average molecular weight is 282 g/mol. The topological polar surface area (TPSA) is 70.3 Å². The number of rotatable bonds is 2. The highest BCUT2D eigenvalue weighted by Gasteiger charge is 2.43. The second-order valence-corrected chi connectivity index (χ2v) is 4.60. The van der Waals surface area contributed by atoms with Crippen molar-refractivity contribution >= 4 is 21.9 Å². The molecule has 16 heavy (non-hydrogen) atoms. The maximum atomic E-state index is 11.1. The van der Waals surface area contributed by atoms with Crippen molar-refractivity contribution < 1.29 is 14.6 Å². The molecule has 1 aromatic rings. The molecule has 0 radical (unpaired) electrons. The maximum absolute atomic E-state index is 11.1. The summed E-state index contributed by atoms with van der Waals surface area (Å²) in [5, 5.41) is 18.2. The SMILES string of the molecule is N#CC1(c2cc(Br)ccc2C(=O)O)COC1. The molecule has 0 unspecified atom stereocenters. The second-order valence-electron chi connectivity index (χ2n) is 3.68. The molecule has 1 N–H and O–H groups in total. The summed E-state index contributed by atoms with van der Waals surface area (Å²) in [6, 6.07) is 6.97. The zero-order valence-corrected chi connectivity index (χ0v) is 9.82. The van der Waals surface area contributed by atoms with E-state index < -0.39 is 11.4 Å². The van der Waals surface area contributed by atoms with Gasteiger partial charge in [0.2, 0.25) is 0 Å². The summed E-state index contributed by atoms with van der Waals surface area (Å²) >= 11 is 3.28. The Morgan fingerprint density at radius 3 is 2.69 bits per heavy atom. The number of halogens is 1. The fourth-order valence-electron chi connectivity index (χ4n) is 1.69. The van der Waals surface area contributed by atoms with Crippen LogP contribution in [0.25, 0.3) is 0 Å². The summed E-state index contributed by atoms with van der Waals surface area (Å²) in [6.07, 6.45) is 0. The van der Waals surface area contributed by atoms with Gasteiger partial charge in [-0.2, -0.15) is 5.26 Å². The van der Waals surface area contributed by atoms with E-state index in [2.05, 4.69) is 22.0 Å². The summed E-state index contributed by atoms with van der Waals surface area (Å²) in [6.45, 7) is 0.500. The van der Waals surface area contributed by atoms with Crippen LogP contribution in [0, 0.1) is 11.3 Å². The lowest BCUT2D eigenvalue weighted by atomic mass is 9.78. The number of hydrogen-bond acceptors (Lipinski definition) is 3. The summed E-state index contributed by atoms with van der Waals surface area (Å²) in [5.41, 5.74) is -0.131. The minimum absolute atomic E-state index is 0.160. The predicted octanol–water partition coefficient (Wildman–Crippen LogP) is 1.94. The van der Waals surface area contributed by atoms with Gasteiger partial charge in [0.1, 0.15) is 5.41 Å². The quantitative estimate of drug-likeness (QED) is 0.899. The highest BCUT2D eigenvalue weighted by Crippen LogP contribution is 2.35. The standard InChI is InChI=1S/C11H8BrNO3/c12-7-1-2-8(10(14)15)9(3-7)11(4-13)5-16-6-11/h1-3H,5-6H2,(H,14,15). The lowest BCUT2D eigenvalue weighted by Crippen LogP contribution is -2.46. The molecule has 1 aliphatic rings. The molecule has 1 aromatic carbocycles. The molecule has 0 bridgehead atoms. The molecule has 2 rings (SSSR count). The van der Waals surface area contributed by atoms with E-state index in [0.29, 0.717) is 5.56 Å². The summed E-state index contributed by atoms with van der Waals surface area (Å²) in [4.78, 5) is 11.1. The van der Waals surface area contributed by atoms with Gasteiger partial charge in [-0.25, -0.2) is 4.79 Å². The number of ether oxygens (including phenoxy) is 1. The van der Waals surface area contributed by atoms with Crippen molar-refractivity contribution in [3.05, 3.63) is 33.8 Å². The van der Waals surface area contributed by atoms with E-state index in [1.54, 1.807) is 12.1 Å². The van der Waals surface area contributed by atoms with Gasteiger partial charge in [0.15, 0.2) is 0 Å². The van der Waals surface area contributed by atoms with Gasteiger partial charge in [0.05, 0.1) is 24.8 Å². The average Bonchev–Trinajstić information content (AvgIpc) is 2.16. The fourth-order valence-corrected chi connectivity index (χ4v) is 2.05. The molecule has 0 saturated carbocycles. The molecule has 1 saturated heterocycles. The first kappa shape index (κ1) is 11.1. The Morgan fingerprint density at radius 1 is 1.56 bits per heavy atom. The number of carboxylic acid groups (broad SMARTS) is 1. The number of hydrogen-bond donors (Lipinski definition) is 1. The first-order valence-electron chi connectivity index (χ1n) is 4.61. The lowest BCUT2D eigenvalue weighted by Gasteiger charge is -2.36. The summed E-state index contributed by atoms with van der Waals surface area (Å²) in [7, 11) is 0. The smallest absolute Gasteiger partial charge is 0.336 e. The largest absolute Gasteiger partial charge is 0.478 e. The van der Waals surface area contributed by atoms with Crippen LogP contribution >= 0.6 is 15.9 Å². The van der Waals surface area contributed by atoms with Gasteiger partial charge >= 0.3 is 5.97 Å². The van der Waals surface area contributed by atoms with Gasteiger partial charge in [-0.05, 0) is 23.8 Å². The lowest BCUT2D eigenvalue weighted by molar-refractivity contribution is -0.0302. The minimum Gasteiger partial charge on any atom is -0.478 e. The molecule has 0 aliphatic carbocycles. The van der Waals surface area contributed by atoms with Crippen LogP contribution in [0.2, 0.25) is 0 Å². The van der Waals surface area contributed by atoms with Crippen LogP contribution in [0.4, 0.5) is 0 Å². The van der Waals surface area contributed by atoms with Crippen LogP contribution in [0.15, 0.2) is 22.7 Å². The van der Waals surface area contributed by atoms with Crippen molar-refractivity contribution in [3.8, 4) is 6.07 Å². The Morgan fingerprint density at radius 2 is 2.25 bits per heavy atom. The molecule has 0 atom stereocenters. The Bertz CT molecular complexity index is 488. The van der Waals surface area contributed by atoms with E-state index in [9.17, 15) is 4.79 Å². The molecule has 0 aromatic heterocycles. The molecule has 1 fully saturated rings. The number of carboxylic acids is 1. The highest BCUT2D eigenvalue weighted by molar-refractivity contribution is 9.10. The predicted molar refractivity (Wildman–Crippen MR) is 59.2 cm³/mol. The zero-order chi connectivity index (χ0) is 11.8. The molecule has 5 heteroatoms. The minimum atomic E-state index is -1.02. The summed E-state index contributed by atoms with van der Waals surface area (Å²) in [5.74, 6) is -1.02. The zero-order valence-electron chi connectivity index (χ0n) is 8.24. The molecule has 1 heterocycles. The van der Waals surface area contributed by atoms with Gasteiger partial charge in [-0.3, -0.25) is 0 Å². The van der Waals surface area contributed by atoms with Crippen molar-refractivity contribution in [2.75, 3.05) is 13.2 Å². The van der Waals surface area contributed by atoms with Crippen LogP contribution in [-0.2, 0) is 10.2 Å². The van der Waals surface area contributed by atoms with E-state index in [0.717, 1.165) is 4.47 Å². The number of nitrogens with zero attached hydrogens (tertiary/aromatic N) is 1. The third-order valence-corrected chi connectivity index (χ3v) is 3.13. The third-order valence-electron chi connectivity index (χ3n) is 2.64. The maximum Gasteiger partial charge on any atom is 0.336 e. The van der Waals surface area contributed by atoms with E-state index in [1.165, 1.54) is 6.07 Å². The monoisotopic (exact) mass is 281 g/mol. The Labute approximate surface area is 101 Å². The van der Waals surface area contributed by atoms with Crippen molar-refractivity contribution in [1.82, 2.24) is 0 Å². The van der Waals surface area contributed by atoms with Crippen LogP contribution < -0.4 is 0 Å². The van der Waals surface area contributed by atoms with Gasteiger partial charge in [-0.15, -0.1) is 0 Å². The molecule has 0 amide bonds. The van der Waals surface area contributed by atoms with Crippen LogP contribution in [0.1, 0.15) is 15.9 Å². The van der Waals surface area contributed by atoms with Gasteiger partial charge in [0, 0.05) is 4.47 Å². The molecule has 1 aliphatic heterocycles. The first-order chi connectivity index (χ1) is 7.59. The summed E-state index contributed by atoms with van der Waals surface area (Å²) < 4.78 is 5.79. The van der Waals surface area contributed by atoms with Crippen LogP contribution in [0.3, 0.4) is 0 Å². The van der Waals surface area contributed by atoms with Crippen LogP contribution in [0.5, 0.6) is 0 Å². The number of benzene rings is 1. The number of carbonyl (C=O) groups is 1.